The lowest BCUT2D eigenvalue weighted by molar-refractivity contribution is 0.508. The minimum absolute atomic E-state index is 0.438. The van der Waals surface area contributed by atoms with Gasteiger partial charge < -0.3 is 5.32 Å². The summed E-state index contributed by atoms with van der Waals surface area (Å²) in [4.78, 5) is 1.38. The van der Waals surface area contributed by atoms with E-state index in [1.54, 1.807) is 11.3 Å². The Kier molecular flexibility index (Phi) is 5.28. The van der Waals surface area contributed by atoms with Gasteiger partial charge in [-0.2, -0.15) is 5.26 Å². The molecule has 1 unspecified atom stereocenters. The summed E-state index contributed by atoms with van der Waals surface area (Å²) in [5.41, 5.74) is 0. The Balaban J connectivity index is 2.44. The normalized spacial score (nSPS) is 12.3. The van der Waals surface area contributed by atoms with Crippen LogP contribution in [-0.4, -0.2) is 6.54 Å². The molecule has 0 aromatic carbocycles. The number of nitriles is 1. The second-order valence-electron chi connectivity index (χ2n) is 3.22. The molecule has 0 spiro atoms. The molecule has 1 heterocycles. The third-order valence-corrected chi connectivity index (χ3v) is 3.08. The van der Waals surface area contributed by atoms with Crippen molar-refractivity contribution in [2.45, 2.75) is 32.2 Å². The number of thiophene rings is 1. The van der Waals surface area contributed by atoms with E-state index in [2.05, 4.69) is 35.8 Å². The van der Waals surface area contributed by atoms with E-state index in [4.69, 9.17) is 5.26 Å². The molecule has 0 fully saturated rings. The standard InChI is InChI=1S/C11H16N2S/c1-2-5-10(13-8-4-7-12)11-6-3-9-14-11/h3,6,9-10,13H,2,4-5,8H2,1H3. The van der Waals surface area contributed by atoms with Crippen molar-refractivity contribution < 1.29 is 0 Å². The number of nitrogens with zero attached hydrogens (tertiary/aromatic N) is 1. The third-order valence-electron chi connectivity index (χ3n) is 2.09. The second kappa shape index (κ2) is 6.58. The quantitative estimate of drug-likeness (QED) is 0.729. The highest BCUT2D eigenvalue weighted by Gasteiger charge is 2.09. The smallest absolute Gasteiger partial charge is 0.0635 e. The van der Waals surface area contributed by atoms with Crippen molar-refractivity contribution in [1.29, 1.82) is 5.26 Å². The maximum absolute atomic E-state index is 8.45. The van der Waals surface area contributed by atoms with Gasteiger partial charge in [0.1, 0.15) is 0 Å². The molecule has 1 rings (SSSR count). The lowest BCUT2D eigenvalue weighted by atomic mass is 10.1. The van der Waals surface area contributed by atoms with Crippen LogP contribution in [0.5, 0.6) is 0 Å². The molecule has 0 bridgehead atoms. The molecule has 14 heavy (non-hydrogen) atoms. The molecule has 0 amide bonds. The van der Waals surface area contributed by atoms with Crippen LogP contribution in [0.1, 0.15) is 37.1 Å². The lowest BCUT2D eigenvalue weighted by Gasteiger charge is -2.15. The molecule has 1 N–H and O–H groups in total. The SMILES string of the molecule is CCCC(NCCC#N)c1cccs1. The first-order valence-electron chi connectivity index (χ1n) is 5.02. The van der Waals surface area contributed by atoms with Gasteiger partial charge in [-0.1, -0.05) is 19.4 Å². The van der Waals surface area contributed by atoms with Crippen LogP contribution < -0.4 is 5.32 Å². The van der Waals surface area contributed by atoms with Crippen LogP contribution in [0.2, 0.25) is 0 Å². The van der Waals surface area contributed by atoms with Gasteiger partial charge >= 0.3 is 0 Å². The fourth-order valence-corrected chi connectivity index (χ4v) is 2.26. The highest BCUT2D eigenvalue weighted by atomic mass is 32.1. The second-order valence-corrected chi connectivity index (χ2v) is 4.20. The fraction of sp³-hybridized carbons (Fsp3) is 0.545. The van der Waals surface area contributed by atoms with Crippen LogP contribution in [0.15, 0.2) is 17.5 Å². The Labute approximate surface area is 89.6 Å². The average Bonchev–Trinajstić information content (AvgIpc) is 2.70. The highest BCUT2D eigenvalue weighted by molar-refractivity contribution is 7.10. The number of rotatable bonds is 6. The summed E-state index contributed by atoms with van der Waals surface area (Å²) in [5.74, 6) is 0. The summed E-state index contributed by atoms with van der Waals surface area (Å²) in [6, 6.07) is 6.82. The van der Waals surface area contributed by atoms with Crippen LogP contribution in [-0.2, 0) is 0 Å². The van der Waals surface area contributed by atoms with Gasteiger partial charge in [-0.3, -0.25) is 0 Å². The summed E-state index contributed by atoms with van der Waals surface area (Å²) in [6.45, 7) is 2.98. The molecule has 0 saturated heterocycles. The molecule has 1 aromatic heterocycles. The fourth-order valence-electron chi connectivity index (χ4n) is 1.43. The maximum atomic E-state index is 8.45. The van der Waals surface area contributed by atoms with Crippen molar-refractivity contribution in [2.75, 3.05) is 6.54 Å². The minimum atomic E-state index is 0.438. The Morgan fingerprint density at radius 1 is 1.64 bits per heavy atom. The predicted molar refractivity (Wildman–Crippen MR) is 60.2 cm³/mol. The molecule has 1 aromatic rings. The van der Waals surface area contributed by atoms with Gasteiger partial charge in [0.15, 0.2) is 0 Å². The zero-order chi connectivity index (χ0) is 10.2. The summed E-state index contributed by atoms with van der Waals surface area (Å²) in [5, 5.41) is 14.0. The van der Waals surface area contributed by atoms with Gasteiger partial charge in [-0.15, -0.1) is 11.3 Å². The van der Waals surface area contributed by atoms with Gasteiger partial charge in [0, 0.05) is 23.9 Å². The molecular weight excluding hydrogens is 192 g/mol. The highest BCUT2D eigenvalue weighted by Crippen LogP contribution is 2.22. The molecule has 2 nitrogen and oxygen atoms in total. The Morgan fingerprint density at radius 2 is 2.50 bits per heavy atom. The maximum Gasteiger partial charge on any atom is 0.0635 e. The van der Waals surface area contributed by atoms with E-state index >= 15 is 0 Å². The van der Waals surface area contributed by atoms with Crippen molar-refractivity contribution in [1.82, 2.24) is 5.32 Å². The van der Waals surface area contributed by atoms with Crippen molar-refractivity contribution in [3.8, 4) is 6.07 Å². The molecular formula is C11H16N2S. The van der Waals surface area contributed by atoms with E-state index < -0.39 is 0 Å². The monoisotopic (exact) mass is 208 g/mol. The van der Waals surface area contributed by atoms with Gasteiger partial charge in [0.05, 0.1) is 6.07 Å². The number of nitrogens with one attached hydrogen (secondary N) is 1. The van der Waals surface area contributed by atoms with E-state index in [9.17, 15) is 0 Å². The lowest BCUT2D eigenvalue weighted by Crippen LogP contribution is -2.21. The van der Waals surface area contributed by atoms with Crippen molar-refractivity contribution in [2.24, 2.45) is 0 Å². The van der Waals surface area contributed by atoms with Crippen LogP contribution in [0.25, 0.3) is 0 Å². The average molecular weight is 208 g/mol. The van der Waals surface area contributed by atoms with Gasteiger partial charge in [0.2, 0.25) is 0 Å². The van der Waals surface area contributed by atoms with Crippen LogP contribution >= 0.6 is 11.3 Å². The van der Waals surface area contributed by atoms with E-state index in [1.807, 2.05) is 0 Å². The number of hydrogen-bond acceptors (Lipinski definition) is 3. The summed E-state index contributed by atoms with van der Waals surface area (Å²) >= 11 is 1.78. The predicted octanol–water partition coefficient (Wildman–Crippen LogP) is 3.09. The summed E-state index contributed by atoms with van der Waals surface area (Å²) in [6.07, 6.45) is 2.90. The van der Waals surface area contributed by atoms with Crippen LogP contribution in [0.4, 0.5) is 0 Å². The molecule has 0 aliphatic heterocycles. The Morgan fingerprint density at radius 3 is 3.07 bits per heavy atom. The Hall–Kier alpha value is -0.850. The van der Waals surface area contributed by atoms with Gasteiger partial charge in [-0.25, -0.2) is 0 Å². The van der Waals surface area contributed by atoms with Crippen molar-refractivity contribution in [3.05, 3.63) is 22.4 Å². The zero-order valence-electron chi connectivity index (χ0n) is 8.49. The van der Waals surface area contributed by atoms with E-state index in [0.717, 1.165) is 13.0 Å². The van der Waals surface area contributed by atoms with E-state index in [0.29, 0.717) is 12.5 Å². The van der Waals surface area contributed by atoms with Gasteiger partial charge in [0.25, 0.3) is 0 Å². The van der Waals surface area contributed by atoms with E-state index in [1.165, 1.54) is 11.3 Å². The topological polar surface area (TPSA) is 35.8 Å². The molecule has 0 saturated carbocycles. The molecule has 76 valence electrons. The first-order valence-corrected chi connectivity index (χ1v) is 5.90. The van der Waals surface area contributed by atoms with Crippen molar-refractivity contribution >= 4 is 11.3 Å². The summed E-state index contributed by atoms with van der Waals surface area (Å²) < 4.78 is 0. The number of hydrogen-bond donors (Lipinski definition) is 1. The molecule has 0 aliphatic rings. The minimum Gasteiger partial charge on any atom is -0.308 e. The molecule has 3 heteroatoms. The van der Waals surface area contributed by atoms with Crippen LogP contribution in [0.3, 0.4) is 0 Å². The first-order chi connectivity index (χ1) is 6.88. The zero-order valence-corrected chi connectivity index (χ0v) is 9.31. The van der Waals surface area contributed by atoms with Crippen molar-refractivity contribution in [3.63, 3.8) is 0 Å². The van der Waals surface area contributed by atoms with Crippen LogP contribution in [0, 0.1) is 11.3 Å². The largest absolute Gasteiger partial charge is 0.308 e. The third kappa shape index (κ3) is 3.49. The summed E-state index contributed by atoms with van der Waals surface area (Å²) in [7, 11) is 0. The Bertz CT molecular complexity index is 274. The van der Waals surface area contributed by atoms with E-state index in [-0.39, 0.29) is 0 Å². The molecule has 0 radical (unpaired) electrons. The molecule has 1 atom stereocenters. The first kappa shape index (κ1) is 11.2. The molecule has 0 aliphatic carbocycles. The van der Waals surface area contributed by atoms with Gasteiger partial charge in [-0.05, 0) is 17.9 Å².